The van der Waals surface area contributed by atoms with Gasteiger partial charge in [0.15, 0.2) is 0 Å². The first-order valence-electron chi connectivity index (χ1n) is 6.78. The Hall–Kier alpha value is -0.300. The van der Waals surface area contributed by atoms with Gasteiger partial charge in [0.05, 0.1) is 0 Å². The van der Waals surface area contributed by atoms with Crippen LogP contribution >= 0.6 is 0 Å². The molecule has 0 aromatic heterocycles. The molecule has 0 aliphatic carbocycles. The lowest BCUT2D eigenvalue weighted by atomic mass is 9.86. The molecule has 0 saturated carbocycles. The summed E-state index contributed by atoms with van der Waals surface area (Å²) in [4.78, 5) is 2.45. The van der Waals surface area contributed by atoms with Crippen LogP contribution in [0.1, 0.15) is 61.3 Å². The second kappa shape index (κ2) is 6.04. The molecule has 0 aliphatic heterocycles. The molecule has 1 unspecified atom stereocenters. The van der Waals surface area contributed by atoms with Crippen LogP contribution in [0.4, 0.5) is 0 Å². The molecule has 1 atom stereocenters. The van der Waals surface area contributed by atoms with E-state index < -0.39 is 0 Å². The Labute approximate surface area is 109 Å². The average molecular weight is 239 g/mol. The van der Waals surface area contributed by atoms with Gasteiger partial charge >= 0.3 is 0 Å². The highest BCUT2D eigenvalue weighted by Crippen LogP contribution is 2.26. The number of hydrogen-bond acceptors (Lipinski definition) is 1. The maximum absolute atomic E-state index is 4.23. The maximum atomic E-state index is 4.23. The van der Waals surface area contributed by atoms with E-state index in [2.05, 4.69) is 67.0 Å². The Morgan fingerprint density at radius 3 is 1.88 bits per heavy atom. The second-order valence-electron chi connectivity index (χ2n) is 8.02. The van der Waals surface area contributed by atoms with Crippen molar-refractivity contribution in [2.75, 3.05) is 13.6 Å². The fourth-order valence-corrected chi connectivity index (χ4v) is 2.30. The molecular weight excluding hydrogens is 206 g/mol. The van der Waals surface area contributed by atoms with Crippen molar-refractivity contribution in [1.29, 1.82) is 0 Å². The monoisotopic (exact) mass is 239 g/mol. The molecule has 0 aliphatic rings. The SMILES string of the molecule is C=C(CC(C)N(C)CC(C)(C)C)CC(C)(C)C. The molecule has 102 valence electrons. The second-order valence-corrected chi connectivity index (χ2v) is 8.02. The van der Waals surface area contributed by atoms with Crippen LogP contribution < -0.4 is 0 Å². The fourth-order valence-electron chi connectivity index (χ4n) is 2.30. The van der Waals surface area contributed by atoms with Crippen molar-refractivity contribution in [2.45, 2.75) is 67.3 Å². The van der Waals surface area contributed by atoms with E-state index in [0.29, 0.717) is 16.9 Å². The van der Waals surface area contributed by atoms with E-state index in [1.54, 1.807) is 0 Å². The highest BCUT2D eigenvalue weighted by atomic mass is 15.1. The first-order valence-corrected chi connectivity index (χ1v) is 6.78. The Morgan fingerprint density at radius 2 is 1.53 bits per heavy atom. The third-order valence-corrected chi connectivity index (χ3v) is 2.84. The highest BCUT2D eigenvalue weighted by Gasteiger charge is 2.19. The largest absolute Gasteiger partial charge is 0.303 e. The summed E-state index contributed by atoms with van der Waals surface area (Å²) in [6, 6.07) is 0.587. The molecule has 0 heterocycles. The molecule has 0 bridgehead atoms. The van der Waals surface area contributed by atoms with Crippen molar-refractivity contribution in [2.24, 2.45) is 10.8 Å². The molecule has 1 heteroatoms. The zero-order valence-electron chi connectivity index (χ0n) is 13.4. The summed E-state index contributed by atoms with van der Waals surface area (Å²) in [5, 5.41) is 0. The molecule has 0 radical (unpaired) electrons. The summed E-state index contributed by atoms with van der Waals surface area (Å²) >= 11 is 0. The zero-order valence-corrected chi connectivity index (χ0v) is 13.4. The van der Waals surface area contributed by atoms with Crippen LogP contribution in [0.5, 0.6) is 0 Å². The Bertz CT molecular complexity index is 239. The quantitative estimate of drug-likeness (QED) is 0.627. The van der Waals surface area contributed by atoms with E-state index in [9.17, 15) is 0 Å². The van der Waals surface area contributed by atoms with Crippen LogP contribution in [0.2, 0.25) is 0 Å². The van der Waals surface area contributed by atoms with E-state index in [1.807, 2.05) is 0 Å². The summed E-state index contributed by atoms with van der Waals surface area (Å²) in [6.07, 6.45) is 2.24. The van der Waals surface area contributed by atoms with Gasteiger partial charge in [0.1, 0.15) is 0 Å². The molecule has 0 saturated heterocycles. The standard InChI is InChI=1S/C16H33N/c1-13(11-15(3,4)5)10-14(2)17(9)12-16(6,7)8/h14H,1,10-12H2,2-9H3. The summed E-state index contributed by atoms with van der Waals surface area (Å²) < 4.78 is 0. The lowest BCUT2D eigenvalue weighted by Gasteiger charge is -2.32. The Balaban J connectivity index is 4.17. The van der Waals surface area contributed by atoms with E-state index in [0.717, 1.165) is 19.4 Å². The normalized spacial score (nSPS) is 15.1. The molecule has 0 N–H and O–H groups in total. The van der Waals surface area contributed by atoms with Crippen LogP contribution in [0.3, 0.4) is 0 Å². The Morgan fingerprint density at radius 1 is 1.06 bits per heavy atom. The van der Waals surface area contributed by atoms with Gasteiger partial charge in [-0.05, 0) is 37.6 Å². The summed E-state index contributed by atoms with van der Waals surface area (Å²) in [6.45, 7) is 21.4. The van der Waals surface area contributed by atoms with E-state index in [4.69, 9.17) is 0 Å². The van der Waals surface area contributed by atoms with E-state index in [-0.39, 0.29) is 0 Å². The Kier molecular flexibility index (Phi) is 5.93. The number of rotatable bonds is 5. The van der Waals surface area contributed by atoms with Gasteiger partial charge in [-0.3, -0.25) is 0 Å². The van der Waals surface area contributed by atoms with Crippen LogP contribution in [0, 0.1) is 10.8 Å². The van der Waals surface area contributed by atoms with Crippen molar-refractivity contribution in [1.82, 2.24) is 4.90 Å². The lowest BCUT2D eigenvalue weighted by molar-refractivity contribution is 0.178. The number of hydrogen-bond donors (Lipinski definition) is 0. The third-order valence-electron chi connectivity index (χ3n) is 2.84. The van der Waals surface area contributed by atoms with Gasteiger partial charge < -0.3 is 4.90 Å². The molecule has 0 amide bonds. The van der Waals surface area contributed by atoms with Gasteiger partial charge in [0.25, 0.3) is 0 Å². The van der Waals surface area contributed by atoms with Gasteiger partial charge in [0, 0.05) is 12.6 Å². The van der Waals surface area contributed by atoms with Crippen LogP contribution in [-0.4, -0.2) is 24.5 Å². The van der Waals surface area contributed by atoms with Crippen LogP contribution in [0.25, 0.3) is 0 Å². The minimum absolute atomic E-state index is 0.361. The van der Waals surface area contributed by atoms with E-state index in [1.165, 1.54) is 5.57 Å². The number of nitrogens with zero attached hydrogens (tertiary/aromatic N) is 1. The molecule has 0 spiro atoms. The first-order chi connectivity index (χ1) is 7.41. The van der Waals surface area contributed by atoms with Crippen LogP contribution in [0.15, 0.2) is 12.2 Å². The summed E-state index contributed by atoms with van der Waals surface area (Å²) in [7, 11) is 2.22. The van der Waals surface area contributed by atoms with Crippen molar-refractivity contribution < 1.29 is 0 Å². The third kappa shape index (κ3) is 9.41. The maximum Gasteiger partial charge on any atom is 0.0101 e. The predicted molar refractivity (Wildman–Crippen MR) is 79.4 cm³/mol. The van der Waals surface area contributed by atoms with E-state index >= 15 is 0 Å². The zero-order chi connectivity index (χ0) is 13.9. The van der Waals surface area contributed by atoms with Gasteiger partial charge in [-0.1, -0.05) is 53.7 Å². The molecule has 1 nitrogen and oxygen atoms in total. The van der Waals surface area contributed by atoms with Crippen molar-refractivity contribution >= 4 is 0 Å². The van der Waals surface area contributed by atoms with Crippen molar-refractivity contribution in [3.8, 4) is 0 Å². The molecule has 0 aromatic rings. The van der Waals surface area contributed by atoms with Gasteiger partial charge in [-0.25, -0.2) is 0 Å². The highest BCUT2D eigenvalue weighted by molar-refractivity contribution is 5.00. The first kappa shape index (κ1) is 16.7. The molecule has 0 fully saturated rings. The van der Waals surface area contributed by atoms with Gasteiger partial charge in [-0.2, -0.15) is 0 Å². The van der Waals surface area contributed by atoms with Crippen LogP contribution in [-0.2, 0) is 0 Å². The summed E-state index contributed by atoms with van der Waals surface area (Å²) in [5.41, 5.74) is 2.11. The molecule has 0 aromatic carbocycles. The summed E-state index contributed by atoms with van der Waals surface area (Å²) in [5.74, 6) is 0. The van der Waals surface area contributed by atoms with Gasteiger partial charge in [0.2, 0.25) is 0 Å². The molecular formula is C16H33N. The average Bonchev–Trinajstić information content (AvgIpc) is 1.95. The smallest absolute Gasteiger partial charge is 0.0101 e. The predicted octanol–water partition coefficient (Wildman–Crippen LogP) is 4.74. The van der Waals surface area contributed by atoms with Crippen molar-refractivity contribution in [3.63, 3.8) is 0 Å². The minimum atomic E-state index is 0.361. The minimum Gasteiger partial charge on any atom is -0.303 e. The van der Waals surface area contributed by atoms with Crippen molar-refractivity contribution in [3.05, 3.63) is 12.2 Å². The molecule has 0 rings (SSSR count). The van der Waals surface area contributed by atoms with Gasteiger partial charge in [-0.15, -0.1) is 0 Å². The lowest BCUT2D eigenvalue weighted by Crippen LogP contribution is -2.36. The molecule has 17 heavy (non-hydrogen) atoms. The fraction of sp³-hybridized carbons (Fsp3) is 0.875. The topological polar surface area (TPSA) is 3.24 Å².